The Morgan fingerprint density at radius 1 is 0.778 bits per heavy atom. The topological polar surface area (TPSA) is 63.2 Å². The first kappa shape index (κ1) is 23.4. The number of aromatic nitrogens is 1. The lowest BCUT2D eigenvalue weighted by molar-refractivity contribution is 0.262. The van der Waals surface area contributed by atoms with Crippen molar-refractivity contribution in [3.63, 3.8) is 0 Å². The molecule has 5 heteroatoms. The highest BCUT2D eigenvalue weighted by atomic mass is 16.5. The summed E-state index contributed by atoms with van der Waals surface area (Å²) in [4.78, 5) is 17.4. The average molecular weight is 476 g/mol. The number of benzene rings is 4. The first-order chi connectivity index (χ1) is 17.3. The largest absolute Gasteiger partial charge is 0.495 e. The average Bonchev–Trinajstić information content (AvgIpc) is 2.88. The van der Waals surface area contributed by atoms with Crippen LogP contribution in [0.5, 0.6) is 5.75 Å². The second kappa shape index (κ2) is 9.34. The van der Waals surface area contributed by atoms with E-state index in [1.165, 1.54) is 0 Å². The van der Waals surface area contributed by atoms with Crippen LogP contribution in [0.25, 0.3) is 32.7 Å². The maximum atomic E-state index is 13.1. The van der Waals surface area contributed by atoms with Crippen molar-refractivity contribution in [1.82, 2.24) is 4.98 Å². The number of rotatable bonds is 4. The monoisotopic (exact) mass is 475 g/mol. The van der Waals surface area contributed by atoms with Gasteiger partial charge in [-0.25, -0.2) is 4.79 Å². The summed E-state index contributed by atoms with van der Waals surface area (Å²) in [5.74, 6) is 0.615. The molecule has 0 saturated heterocycles. The van der Waals surface area contributed by atoms with E-state index in [0.29, 0.717) is 11.4 Å². The fraction of sp³-hybridized carbons (Fsp3) is 0.161. The first-order valence-electron chi connectivity index (χ1n) is 12.0. The van der Waals surface area contributed by atoms with Gasteiger partial charge in [-0.3, -0.25) is 4.98 Å². The van der Waals surface area contributed by atoms with Crippen molar-refractivity contribution in [2.45, 2.75) is 26.2 Å². The smallest absolute Gasteiger partial charge is 0.323 e. The zero-order valence-corrected chi connectivity index (χ0v) is 20.9. The van der Waals surface area contributed by atoms with E-state index in [4.69, 9.17) is 4.74 Å². The van der Waals surface area contributed by atoms with E-state index in [-0.39, 0.29) is 11.4 Å². The zero-order valence-electron chi connectivity index (χ0n) is 20.9. The molecule has 0 radical (unpaired) electrons. The molecule has 0 fully saturated rings. The van der Waals surface area contributed by atoms with Gasteiger partial charge in [-0.15, -0.1) is 0 Å². The molecule has 4 aromatic carbocycles. The summed E-state index contributed by atoms with van der Waals surface area (Å²) in [6.45, 7) is 6.41. The molecule has 0 bridgehead atoms. The molecule has 0 saturated carbocycles. The third-order valence-electron chi connectivity index (χ3n) is 6.46. The SMILES string of the molecule is COc1ccc(C(C)(C)C)cc1NC(=O)Nc1ccc(-c2cccc3cnccc23)c2ccccc12. The van der Waals surface area contributed by atoms with Crippen molar-refractivity contribution in [3.8, 4) is 16.9 Å². The fourth-order valence-corrected chi connectivity index (χ4v) is 4.55. The van der Waals surface area contributed by atoms with Crippen LogP contribution in [-0.2, 0) is 5.41 Å². The molecule has 0 atom stereocenters. The minimum atomic E-state index is -0.325. The highest BCUT2D eigenvalue weighted by molar-refractivity contribution is 6.12. The molecule has 5 aromatic rings. The summed E-state index contributed by atoms with van der Waals surface area (Å²) >= 11 is 0. The molecule has 180 valence electrons. The Morgan fingerprint density at radius 3 is 2.31 bits per heavy atom. The Hall–Kier alpha value is -4.38. The predicted octanol–water partition coefficient (Wildman–Crippen LogP) is 8.01. The van der Waals surface area contributed by atoms with Gasteiger partial charge in [-0.2, -0.15) is 0 Å². The number of carbonyl (C=O) groups is 1. The molecule has 0 unspecified atom stereocenters. The van der Waals surface area contributed by atoms with Gasteiger partial charge < -0.3 is 15.4 Å². The molecule has 0 aliphatic rings. The van der Waals surface area contributed by atoms with E-state index in [9.17, 15) is 4.79 Å². The summed E-state index contributed by atoms with van der Waals surface area (Å²) < 4.78 is 5.49. The van der Waals surface area contributed by atoms with Gasteiger partial charge in [-0.1, -0.05) is 75.4 Å². The number of hydrogen-bond acceptors (Lipinski definition) is 3. The molecular formula is C31H29N3O2. The maximum Gasteiger partial charge on any atom is 0.323 e. The number of anilines is 2. The van der Waals surface area contributed by atoms with Gasteiger partial charge in [0.2, 0.25) is 0 Å². The van der Waals surface area contributed by atoms with Gasteiger partial charge in [0.1, 0.15) is 5.75 Å². The van der Waals surface area contributed by atoms with E-state index in [2.05, 4.69) is 60.7 Å². The highest BCUT2D eigenvalue weighted by Crippen LogP contribution is 2.37. The molecule has 1 heterocycles. The van der Waals surface area contributed by atoms with Crippen LogP contribution in [0.3, 0.4) is 0 Å². The second-order valence-corrected chi connectivity index (χ2v) is 9.85. The number of fused-ring (bicyclic) bond motifs is 2. The van der Waals surface area contributed by atoms with Crippen LogP contribution in [-0.4, -0.2) is 18.1 Å². The number of pyridine rings is 1. The van der Waals surface area contributed by atoms with Gasteiger partial charge in [0, 0.05) is 23.2 Å². The Balaban J connectivity index is 1.50. The number of urea groups is 1. The number of carbonyl (C=O) groups excluding carboxylic acids is 1. The lowest BCUT2D eigenvalue weighted by Gasteiger charge is -2.21. The van der Waals surface area contributed by atoms with Crippen molar-refractivity contribution < 1.29 is 9.53 Å². The van der Waals surface area contributed by atoms with Crippen LogP contribution in [0.15, 0.2) is 91.3 Å². The van der Waals surface area contributed by atoms with Gasteiger partial charge in [0.05, 0.1) is 18.5 Å². The van der Waals surface area contributed by atoms with Crippen molar-refractivity contribution in [2.75, 3.05) is 17.7 Å². The van der Waals surface area contributed by atoms with Gasteiger partial charge >= 0.3 is 6.03 Å². The fourth-order valence-electron chi connectivity index (χ4n) is 4.55. The van der Waals surface area contributed by atoms with Crippen LogP contribution in [0.2, 0.25) is 0 Å². The van der Waals surface area contributed by atoms with E-state index >= 15 is 0 Å². The molecule has 1 aromatic heterocycles. The predicted molar refractivity (Wildman–Crippen MR) is 149 cm³/mol. The van der Waals surface area contributed by atoms with E-state index in [1.807, 2.05) is 67.0 Å². The van der Waals surface area contributed by atoms with Crippen molar-refractivity contribution in [2.24, 2.45) is 0 Å². The van der Waals surface area contributed by atoms with Gasteiger partial charge in [0.15, 0.2) is 0 Å². The van der Waals surface area contributed by atoms with E-state index in [1.54, 1.807) is 7.11 Å². The lowest BCUT2D eigenvalue weighted by Crippen LogP contribution is -2.21. The third kappa shape index (κ3) is 4.48. The Labute approximate surface area is 211 Å². The summed E-state index contributed by atoms with van der Waals surface area (Å²) in [5.41, 5.74) is 4.66. The minimum absolute atomic E-state index is 0.0527. The van der Waals surface area contributed by atoms with Crippen LogP contribution in [0.4, 0.5) is 16.2 Å². The molecular weight excluding hydrogens is 446 g/mol. The van der Waals surface area contributed by atoms with Crippen LogP contribution in [0.1, 0.15) is 26.3 Å². The number of hydrogen-bond donors (Lipinski definition) is 2. The number of amides is 2. The molecule has 0 spiro atoms. The van der Waals surface area contributed by atoms with E-state index in [0.717, 1.165) is 43.9 Å². The summed E-state index contributed by atoms with van der Waals surface area (Å²) in [6.07, 6.45) is 3.70. The number of nitrogens with one attached hydrogen (secondary N) is 2. The molecule has 5 rings (SSSR count). The first-order valence-corrected chi connectivity index (χ1v) is 12.0. The maximum absolute atomic E-state index is 13.1. The molecule has 5 nitrogen and oxygen atoms in total. The standard InChI is InChI=1S/C31H29N3O2/c1-31(2,3)21-12-15-29(36-4)28(18-21)34-30(35)33-27-14-13-25(24-9-5-6-10-26(24)27)23-11-7-8-20-19-32-17-16-22(20)23/h5-19H,1-4H3,(H2,33,34,35). The second-order valence-electron chi connectivity index (χ2n) is 9.85. The van der Waals surface area contributed by atoms with Crippen LogP contribution >= 0.6 is 0 Å². The van der Waals surface area contributed by atoms with E-state index < -0.39 is 0 Å². The normalized spacial score (nSPS) is 11.4. The quantitative estimate of drug-likeness (QED) is 0.277. The molecule has 2 N–H and O–H groups in total. The minimum Gasteiger partial charge on any atom is -0.495 e. The van der Waals surface area contributed by atoms with Crippen LogP contribution < -0.4 is 15.4 Å². The Bertz CT molecular complexity index is 1580. The number of ether oxygens (including phenoxy) is 1. The number of nitrogens with zero attached hydrogens (tertiary/aromatic N) is 1. The highest BCUT2D eigenvalue weighted by Gasteiger charge is 2.18. The van der Waals surface area contributed by atoms with Crippen molar-refractivity contribution in [1.29, 1.82) is 0 Å². The Kier molecular flexibility index (Phi) is 6.06. The van der Waals surface area contributed by atoms with Crippen LogP contribution in [0, 0.1) is 0 Å². The molecule has 36 heavy (non-hydrogen) atoms. The molecule has 0 aliphatic carbocycles. The lowest BCUT2D eigenvalue weighted by atomic mass is 9.87. The zero-order chi connectivity index (χ0) is 25.3. The summed E-state index contributed by atoms with van der Waals surface area (Å²) in [7, 11) is 1.60. The summed E-state index contributed by atoms with van der Waals surface area (Å²) in [6, 6.07) is 26.0. The van der Waals surface area contributed by atoms with Crippen molar-refractivity contribution in [3.05, 3.63) is 96.8 Å². The van der Waals surface area contributed by atoms with Gasteiger partial charge in [0.25, 0.3) is 0 Å². The molecule has 0 aliphatic heterocycles. The number of methoxy groups -OCH3 is 1. The van der Waals surface area contributed by atoms with Crippen molar-refractivity contribution >= 4 is 39.0 Å². The van der Waals surface area contributed by atoms with Gasteiger partial charge in [-0.05, 0) is 57.1 Å². The third-order valence-corrected chi connectivity index (χ3v) is 6.46. The molecule has 2 amide bonds. The Morgan fingerprint density at radius 2 is 1.53 bits per heavy atom. The summed E-state index contributed by atoms with van der Waals surface area (Å²) in [5, 5.41) is 10.3.